The van der Waals surface area contributed by atoms with Gasteiger partial charge in [0.15, 0.2) is 5.82 Å². The summed E-state index contributed by atoms with van der Waals surface area (Å²) in [5.41, 5.74) is 5.19. The van der Waals surface area contributed by atoms with E-state index in [1.165, 1.54) is 6.20 Å². The first-order valence-corrected chi connectivity index (χ1v) is 13.8. The molecule has 4 N–H and O–H groups in total. The lowest BCUT2D eigenvalue weighted by Crippen LogP contribution is -2.26. The van der Waals surface area contributed by atoms with Crippen molar-refractivity contribution in [3.63, 3.8) is 0 Å². The number of fused-ring (bicyclic) bond motifs is 1. The molecule has 1 aliphatic carbocycles. The SMILES string of the molecule is Cc1cc(CNS(=O)(=O)C2CC2)ccc1Nc1nc(Nc2ccc3c(c2)[C@@H](C)NC(=O)OC3)ncc1Cl. The maximum Gasteiger partial charge on any atom is 0.407 e. The van der Waals surface area contributed by atoms with Gasteiger partial charge in [-0.2, -0.15) is 4.98 Å². The first-order chi connectivity index (χ1) is 17.7. The van der Waals surface area contributed by atoms with Crippen molar-refractivity contribution >= 4 is 50.9 Å². The number of carbonyl (C=O) groups is 1. The molecule has 3 aromatic rings. The highest BCUT2D eigenvalue weighted by Gasteiger charge is 2.35. The minimum Gasteiger partial charge on any atom is -0.445 e. The van der Waals surface area contributed by atoms with Gasteiger partial charge in [-0.3, -0.25) is 0 Å². The molecule has 10 nitrogen and oxygen atoms in total. The summed E-state index contributed by atoms with van der Waals surface area (Å²) in [4.78, 5) is 20.5. The monoisotopic (exact) mass is 542 g/mol. The number of amides is 1. The number of aryl methyl sites for hydroxylation is 1. The Morgan fingerprint density at radius 3 is 2.73 bits per heavy atom. The maximum absolute atomic E-state index is 12.1. The molecule has 2 aliphatic rings. The van der Waals surface area contributed by atoms with Gasteiger partial charge in [0.2, 0.25) is 16.0 Å². The summed E-state index contributed by atoms with van der Waals surface area (Å²) in [6.45, 7) is 4.28. The molecule has 0 spiro atoms. The second-order valence-electron chi connectivity index (χ2n) is 9.21. The Kier molecular flexibility index (Phi) is 6.93. The predicted octanol–water partition coefficient (Wildman–Crippen LogP) is 4.81. The largest absolute Gasteiger partial charge is 0.445 e. The van der Waals surface area contributed by atoms with E-state index in [9.17, 15) is 13.2 Å². The molecule has 37 heavy (non-hydrogen) atoms. The van der Waals surface area contributed by atoms with Crippen molar-refractivity contribution in [3.8, 4) is 0 Å². The van der Waals surface area contributed by atoms with E-state index in [0.717, 1.165) is 46.5 Å². The molecular formula is C25H27ClN6O4S. The summed E-state index contributed by atoms with van der Waals surface area (Å²) < 4.78 is 32.0. The van der Waals surface area contributed by atoms with Gasteiger partial charge in [-0.05, 0) is 67.1 Å². The molecule has 12 heteroatoms. The van der Waals surface area contributed by atoms with Gasteiger partial charge in [-0.1, -0.05) is 29.8 Å². The van der Waals surface area contributed by atoms with Gasteiger partial charge in [-0.25, -0.2) is 22.9 Å². The molecule has 5 rings (SSSR count). The van der Waals surface area contributed by atoms with E-state index in [1.54, 1.807) is 0 Å². The summed E-state index contributed by atoms with van der Waals surface area (Å²) in [5, 5.41) is 9.31. The van der Waals surface area contributed by atoms with E-state index in [1.807, 2.05) is 50.2 Å². The number of aromatic nitrogens is 2. The Bertz CT molecular complexity index is 1460. The van der Waals surface area contributed by atoms with Gasteiger partial charge in [0.05, 0.1) is 17.5 Å². The molecule has 194 valence electrons. The number of ether oxygens (including phenoxy) is 1. The highest BCUT2D eigenvalue weighted by atomic mass is 35.5. The van der Waals surface area contributed by atoms with E-state index in [0.29, 0.717) is 16.8 Å². The topological polar surface area (TPSA) is 134 Å². The molecule has 1 atom stereocenters. The Balaban J connectivity index is 1.29. The number of cyclic esters (lactones) is 1. The Labute approximate surface area is 220 Å². The third-order valence-corrected chi connectivity index (χ3v) is 8.46. The van der Waals surface area contributed by atoms with Gasteiger partial charge < -0.3 is 20.7 Å². The summed E-state index contributed by atoms with van der Waals surface area (Å²) in [5.74, 6) is 0.769. The average molecular weight is 543 g/mol. The number of sulfonamides is 1. The molecule has 1 fully saturated rings. The number of carbonyl (C=O) groups excluding carboxylic acids is 1. The van der Waals surface area contributed by atoms with Crippen molar-refractivity contribution in [1.82, 2.24) is 20.0 Å². The van der Waals surface area contributed by atoms with Crippen molar-refractivity contribution < 1.29 is 17.9 Å². The van der Waals surface area contributed by atoms with E-state index < -0.39 is 16.1 Å². The fraction of sp³-hybridized carbons (Fsp3) is 0.320. The second-order valence-corrected chi connectivity index (χ2v) is 11.7. The van der Waals surface area contributed by atoms with Crippen LogP contribution >= 0.6 is 11.6 Å². The second kappa shape index (κ2) is 10.2. The zero-order valence-electron chi connectivity index (χ0n) is 20.3. The zero-order chi connectivity index (χ0) is 26.2. The van der Waals surface area contributed by atoms with Crippen molar-refractivity contribution in [3.05, 3.63) is 69.9 Å². The third-order valence-electron chi connectivity index (χ3n) is 6.29. The lowest BCUT2D eigenvalue weighted by molar-refractivity contribution is 0.141. The Morgan fingerprint density at radius 1 is 1.16 bits per heavy atom. The minimum atomic E-state index is -3.24. The predicted molar refractivity (Wildman–Crippen MR) is 142 cm³/mol. The highest BCUT2D eigenvalue weighted by Crippen LogP contribution is 2.30. The van der Waals surface area contributed by atoms with Crippen LogP contribution in [0.15, 0.2) is 42.6 Å². The first kappa shape index (κ1) is 25.2. The molecule has 2 aromatic carbocycles. The molecule has 0 unspecified atom stereocenters. The third kappa shape index (κ3) is 5.95. The van der Waals surface area contributed by atoms with Crippen LogP contribution in [0.5, 0.6) is 0 Å². The lowest BCUT2D eigenvalue weighted by atomic mass is 10.0. The van der Waals surface area contributed by atoms with Gasteiger partial charge in [0.1, 0.15) is 11.6 Å². The number of nitrogens with zero attached hydrogens (tertiary/aromatic N) is 2. The van der Waals surface area contributed by atoms with Crippen molar-refractivity contribution in [2.45, 2.75) is 51.1 Å². The van der Waals surface area contributed by atoms with Gasteiger partial charge in [0.25, 0.3) is 0 Å². The van der Waals surface area contributed by atoms with Crippen LogP contribution in [0.3, 0.4) is 0 Å². The molecule has 2 heterocycles. The first-order valence-electron chi connectivity index (χ1n) is 11.9. The number of nitrogens with one attached hydrogen (secondary N) is 4. The molecule has 0 bridgehead atoms. The van der Waals surface area contributed by atoms with Crippen LogP contribution in [0.1, 0.15) is 48.1 Å². The molecule has 0 radical (unpaired) electrons. The van der Waals surface area contributed by atoms with Crippen LogP contribution in [-0.2, 0) is 27.9 Å². The number of hydrogen-bond acceptors (Lipinski definition) is 8. The molecule has 1 aromatic heterocycles. The van der Waals surface area contributed by atoms with Crippen LogP contribution in [0.4, 0.5) is 27.9 Å². The smallest absolute Gasteiger partial charge is 0.407 e. The van der Waals surface area contributed by atoms with Crippen molar-refractivity contribution in [2.24, 2.45) is 0 Å². The normalized spacial score (nSPS) is 17.3. The molecule has 1 amide bonds. The molecule has 1 saturated carbocycles. The van der Waals surface area contributed by atoms with Gasteiger partial charge in [0, 0.05) is 17.9 Å². The standard InChI is InChI=1S/C25H27ClN6O4S/c1-14-9-16(11-28-37(34,35)19-6-7-19)3-8-22(14)31-23-21(26)12-27-24(32-23)30-18-5-4-17-13-36-25(33)29-15(2)20(17)10-18/h3-5,8-10,12,15,19,28H,6-7,11,13H2,1-2H3,(H,29,33)(H2,27,30,31,32)/t15-/m1/s1. The van der Waals surface area contributed by atoms with Crippen LogP contribution in [0, 0.1) is 6.92 Å². The average Bonchev–Trinajstić information content (AvgIpc) is 3.72. The highest BCUT2D eigenvalue weighted by molar-refractivity contribution is 7.90. The number of benzene rings is 2. The molecule has 0 saturated heterocycles. The van der Waals surface area contributed by atoms with Crippen molar-refractivity contribution in [1.29, 1.82) is 0 Å². The number of anilines is 4. The summed E-state index contributed by atoms with van der Waals surface area (Å²) in [7, 11) is -3.24. The summed E-state index contributed by atoms with van der Waals surface area (Å²) in [6.07, 6.45) is 2.52. The van der Waals surface area contributed by atoms with E-state index in [-0.39, 0.29) is 24.4 Å². The fourth-order valence-corrected chi connectivity index (χ4v) is 5.57. The minimum absolute atomic E-state index is 0.204. The number of rotatable bonds is 8. The van der Waals surface area contributed by atoms with E-state index >= 15 is 0 Å². The van der Waals surface area contributed by atoms with Gasteiger partial charge in [-0.15, -0.1) is 0 Å². The van der Waals surface area contributed by atoms with E-state index in [4.69, 9.17) is 16.3 Å². The maximum atomic E-state index is 12.1. The Hall–Kier alpha value is -3.41. The number of hydrogen-bond donors (Lipinski definition) is 4. The van der Waals surface area contributed by atoms with Crippen LogP contribution in [0.25, 0.3) is 0 Å². The van der Waals surface area contributed by atoms with Crippen LogP contribution in [-0.4, -0.2) is 29.7 Å². The van der Waals surface area contributed by atoms with Crippen LogP contribution in [0.2, 0.25) is 5.02 Å². The molecular weight excluding hydrogens is 516 g/mol. The van der Waals surface area contributed by atoms with Crippen LogP contribution < -0.4 is 20.7 Å². The van der Waals surface area contributed by atoms with Crippen molar-refractivity contribution in [2.75, 3.05) is 10.6 Å². The molecule has 1 aliphatic heterocycles. The fourth-order valence-electron chi connectivity index (χ4n) is 4.07. The Morgan fingerprint density at radius 2 is 1.97 bits per heavy atom. The van der Waals surface area contributed by atoms with E-state index in [2.05, 4.69) is 30.6 Å². The summed E-state index contributed by atoms with van der Waals surface area (Å²) >= 11 is 6.37. The lowest BCUT2D eigenvalue weighted by Gasteiger charge is -2.15. The van der Waals surface area contributed by atoms with Gasteiger partial charge >= 0.3 is 6.09 Å². The number of halogens is 1. The number of alkyl carbamates (subject to hydrolysis) is 1. The quantitative estimate of drug-likeness (QED) is 0.318. The summed E-state index contributed by atoms with van der Waals surface area (Å²) in [6, 6.07) is 11.1. The zero-order valence-corrected chi connectivity index (χ0v) is 21.9.